The minimum atomic E-state index is -0.533. The number of thioether (sulfide) groups is 1. The third-order valence-electron chi connectivity index (χ3n) is 4.64. The van der Waals surface area contributed by atoms with Crippen LogP contribution in [-0.4, -0.2) is 35.9 Å². The van der Waals surface area contributed by atoms with Crippen LogP contribution in [0.3, 0.4) is 0 Å². The van der Waals surface area contributed by atoms with Crippen LogP contribution < -0.4 is 10.6 Å². The fraction of sp³-hybridized carbons (Fsp3) is 0.368. The van der Waals surface area contributed by atoms with E-state index in [-0.39, 0.29) is 17.7 Å². The lowest BCUT2D eigenvalue weighted by atomic mass is 9.87. The van der Waals surface area contributed by atoms with E-state index in [4.69, 9.17) is 0 Å². The number of piperazine rings is 1. The molecule has 0 radical (unpaired) electrons. The van der Waals surface area contributed by atoms with E-state index >= 15 is 0 Å². The Morgan fingerprint density at radius 2 is 1.79 bits per heavy atom. The van der Waals surface area contributed by atoms with E-state index in [2.05, 4.69) is 28.8 Å². The zero-order valence-corrected chi connectivity index (χ0v) is 14.7. The summed E-state index contributed by atoms with van der Waals surface area (Å²) in [6.07, 6.45) is 2.65. The van der Waals surface area contributed by atoms with Gasteiger partial charge in [0, 0.05) is 5.92 Å². The molecule has 126 valence electrons. The maximum atomic E-state index is 12.5. The molecule has 4 nitrogen and oxygen atoms in total. The third-order valence-corrected chi connectivity index (χ3v) is 5.28. The summed E-state index contributed by atoms with van der Waals surface area (Å²) in [6.45, 7) is 1.99. The lowest BCUT2D eigenvalue weighted by molar-refractivity contribution is -0.137. The number of amides is 2. The zero-order valence-electron chi connectivity index (χ0n) is 13.9. The number of fused-ring (bicyclic) bond motifs is 1. The largest absolute Gasteiger partial charge is 0.342 e. The summed E-state index contributed by atoms with van der Waals surface area (Å²) < 4.78 is 0. The second-order valence-corrected chi connectivity index (χ2v) is 7.17. The molecular formula is C19H22N2O2S. The van der Waals surface area contributed by atoms with Crippen LogP contribution in [0.15, 0.2) is 42.5 Å². The summed E-state index contributed by atoms with van der Waals surface area (Å²) in [5.41, 5.74) is 1.08. The lowest BCUT2D eigenvalue weighted by Gasteiger charge is -2.33. The van der Waals surface area contributed by atoms with Crippen LogP contribution in [0.4, 0.5) is 0 Å². The molecule has 3 atom stereocenters. The molecule has 2 N–H and O–H groups in total. The maximum absolute atomic E-state index is 12.5. The van der Waals surface area contributed by atoms with Crippen LogP contribution in [0.1, 0.15) is 24.8 Å². The van der Waals surface area contributed by atoms with Gasteiger partial charge in [0.2, 0.25) is 11.8 Å². The van der Waals surface area contributed by atoms with Crippen LogP contribution in [0.5, 0.6) is 0 Å². The predicted molar refractivity (Wildman–Crippen MR) is 99.2 cm³/mol. The Morgan fingerprint density at radius 3 is 2.58 bits per heavy atom. The summed E-state index contributed by atoms with van der Waals surface area (Å²) in [6, 6.07) is 13.3. The first-order chi connectivity index (χ1) is 11.6. The van der Waals surface area contributed by atoms with E-state index in [1.807, 2.05) is 37.4 Å². The van der Waals surface area contributed by atoms with Gasteiger partial charge in [-0.2, -0.15) is 11.8 Å². The standard InChI is InChI=1S/C19H22N2O2S/c1-12(14-9-5-7-13-6-3-4-8-15(13)14)17-19(23)20-16(10-11-24-2)18(22)21-17/h3-9,12,16-17H,10-11H2,1-2H3,(H,20,23)(H,21,22)/t12-,16+,17+/m0/s1. The smallest absolute Gasteiger partial charge is 0.243 e. The molecule has 0 aliphatic carbocycles. The van der Waals surface area contributed by atoms with E-state index in [0.717, 1.165) is 22.1 Å². The Labute approximate surface area is 146 Å². The Balaban J connectivity index is 1.83. The molecule has 5 heteroatoms. The zero-order chi connectivity index (χ0) is 17.1. The molecule has 3 rings (SSSR count). The van der Waals surface area contributed by atoms with Gasteiger partial charge in [-0.1, -0.05) is 49.4 Å². The van der Waals surface area contributed by atoms with Gasteiger partial charge in [0.15, 0.2) is 0 Å². The lowest BCUT2D eigenvalue weighted by Crippen LogP contribution is -2.63. The van der Waals surface area contributed by atoms with Crippen molar-refractivity contribution in [3.05, 3.63) is 48.0 Å². The highest BCUT2D eigenvalue weighted by molar-refractivity contribution is 7.98. The van der Waals surface area contributed by atoms with E-state index < -0.39 is 12.1 Å². The van der Waals surface area contributed by atoms with E-state index in [0.29, 0.717) is 6.42 Å². The maximum Gasteiger partial charge on any atom is 0.243 e. The number of nitrogens with one attached hydrogen (secondary N) is 2. The van der Waals surface area contributed by atoms with Crippen molar-refractivity contribution in [3.8, 4) is 0 Å². The van der Waals surface area contributed by atoms with Crippen LogP contribution in [0.2, 0.25) is 0 Å². The number of rotatable bonds is 5. The molecule has 0 bridgehead atoms. The number of hydrogen-bond acceptors (Lipinski definition) is 3. The predicted octanol–water partition coefficient (Wildman–Crippen LogP) is 2.68. The van der Waals surface area contributed by atoms with Gasteiger partial charge < -0.3 is 10.6 Å². The molecule has 2 amide bonds. The van der Waals surface area contributed by atoms with Crippen molar-refractivity contribution >= 4 is 34.3 Å². The quantitative estimate of drug-likeness (QED) is 0.878. The van der Waals surface area contributed by atoms with Crippen molar-refractivity contribution < 1.29 is 9.59 Å². The summed E-state index contributed by atoms with van der Waals surface area (Å²) in [7, 11) is 0. The molecule has 2 aromatic rings. The molecule has 1 aliphatic rings. The van der Waals surface area contributed by atoms with Gasteiger partial charge in [0.1, 0.15) is 12.1 Å². The second kappa shape index (κ2) is 7.26. The van der Waals surface area contributed by atoms with Crippen molar-refractivity contribution in [1.29, 1.82) is 0 Å². The first-order valence-corrected chi connectivity index (χ1v) is 9.58. The van der Waals surface area contributed by atoms with Gasteiger partial charge in [-0.05, 0) is 34.8 Å². The first-order valence-electron chi connectivity index (χ1n) is 8.19. The highest BCUT2D eigenvalue weighted by Crippen LogP contribution is 2.28. The third kappa shape index (κ3) is 3.26. The fourth-order valence-corrected chi connectivity index (χ4v) is 3.74. The molecule has 2 aromatic carbocycles. The Hall–Kier alpha value is -2.01. The average molecular weight is 342 g/mol. The molecule has 24 heavy (non-hydrogen) atoms. The summed E-state index contributed by atoms with van der Waals surface area (Å²) in [5.74, 6) is 0.575. The molecular weight excluding hydrogens is 320 g/mol. The SMILES string of the molecule is CSCC[C@H]1NC(=O)[C@@H]([C@@H](C)c2cccc3ccccc23)NC1=O. The van der Waals surface area contributed by atoms with Gasteiger partial charge in [0.05, 0.1) is 0 Å². The van der Waals surface area contributed by atoms with Crippen LogP contribution in [0.25, 0.3) is 10.8 Å². The van der Waals surface area contributed by atoms with Crippen LogP contribution in [0, 0.1) is 0 Å². The molecule has 1 heterocycles. The van der Waals surface area contributed by atoms with Gasteiger partial charge in [0.25, 0.3) is 0 Å². The van der Waals surface area contributed by atoms with Crippen molar-refractivity contribution in [2.24, 2.45) is 0 Å². The molecule has 0 spiro atoms. The highest BCUT2D eigenvalue weighted by atomic mass is 32.2. The number of carbonyl (C=O) groups is 2. The Morgan fingerprint density at radius 1 is 1.04 bits per heavy atom. The van der Waals surface area contributed by atoms with Crippen molar-refractivity contribution in [2.75, 3.05) is 12.0 Å². The van der Waals surface area contributed by atoms with Gasteiger partial charge in [-0.3, -0.25) is 9.59 Å². The number of benzene rings is 2. The minimum Gasteiger partial charge on any atom is -0.342 e. The molecule has 0 saturated carbocycles. The Bertz CT molecular complexity index is 757. The first kappa shape index (κ1) is 16.8. The summed E-state index contributed by atoms with van der Waals surface area (Å²) >= 11 is 1.67. The molecule has 0 unspecified atom stereocenters. The number of carbonyl (C=O) groups excluding carboxylic acids is 2. The van der Waals surface area contributed by atoms with Gasteiger partial charge in [-0.25, -0.2) is 0 Å². The van der Waals surface area contributed by atoms with Crippen molar-refractivity contribution in [3.63, 3.8) is 0 Å². The second-order valence-electron chi connectivity index (χ2n) is 6.19. The van der Waals surface area contributed by atoms with E-state index in [1.54, 1.807) is 11.8 Å². The molecule has 1 fully saturated rings. The van der Waals surface area contributed by atoms with E-state index in [9.17, 15) is 9.59 Å². The number of hydrogen-bond donors (Lipinski definition) is 2. The topological polar surface area (TPSA) is 58.2 Å². The molecule has 0 aromatic heterocycles. The monoisotopic (exact) mass is 342 g/mol. The highest BCUT2D eigenvalue weighted by Gasteiger charge is 2.37. The van der Waals surface area contributed by atoms with Crippen LogP contribution >= 0.6 is 11.8 Å². The average Bonchev–Trinajstić information content (AvgIpc) is 2.61. The van der Waals surface area contributed by atoms with Crippen molar-refractivity contribution in [2.45, 2.75) is 31.3 Å². The summed E-state index contributed by atoms with van der Waals surface area (Å²) in [5, 5.41) is 8.08. The van der Waals surface area contributed by atoms with E-state index in [1.165, 1.54) is 0 Å². The summed E-state index contributed by atoms with van der Waals surface area (Å²) in [4.78, 5) is 24.9. The van der Waals surface area contributed by atoms with Gasteiger partial charge in [-0.15, -0.1) is 0 Å². The molecule has 1 aliphatic heterocycles. The van der Waals surface area contributed by atoms with Gasteiger partial charge >= 0.3 is 0 Å². The normalized spacial score (nSPS) is 22.1. The fourth-order valence-electron chi connectivity index (χ4n) is 3.26. The van der Waals surface area contributed by atoms with Crippen LogP contribution in [-0.2, 0) is 9.59 Å². The molecule has 1 saturated heterocycles. The van der Waals surface area contributed by atoms with Crippen molar-refractivity contribution in [1.82, 2.24) is 10.6 Å². The minimum absolute atomic E-state index is 0.0827. The Kier molecular flexibility index (Phi) is 5.09.